The Morgan fingerprint density at radius 3 is 1.49 bits per heavy atom. The highest BCUT2D eigenvalue weighted by Gasteiger charge is 2.43. The number of benzene rings is 12. The Morgan fingerprint density at radius 2 is 0.779 bits per heavy atom. The first-order valence-electron chi connectivity index (χ1n) is 26.7. The molecule has 0 aliphatic carbocycles. The Labute approximate surface area is 445 Å². The standard InChI is InChI=1S/C72H45BN4/c1-5-20-46(21-6-1)48-36-38-49(39-37-48)53-28-13-16-33-60(53)76-66-44-57-54-29-14-17-34-61(54)75(52-26-11-4-12-27-52)65(57)45-59(66)73-58-32-19-31-56-70-64(77(72(56)58)68-43-50(42-67(76)71(68)73)47-22-7-2-8-23-47)41-40-63-69(70)55-30-15-18-35-62(55)74(63)51-24-9-3-10-25-51/h1-45H. The zero-order valence-corrected chi connectivity index (χ0v) is 41.8. The van der Waals surface area contributed by atoms with Gasteiger partial charge in [-0.25, -0.2) is 0 Å². The highest BCUT2D eigenvalue weighted by Crippen LogP contribution is 2.49. The van der Waals surface area contributed by atoms with Gasteiger partial charge in [-0.05, 0) is 123 Å². The maximum Gasteiger partial charge on any atom is 0.252 e. The van der Waals surface area contributed by atoms with E-state index in [0.717, 1.165) is 17.1 Å². The van der Waals surface area contributed by atoms with Crippen LogP contribution in [0.5, 0.6) is 0 Å². The molecule has 0 fully saturated rings. The van der Waals surface area contributed by atoms with Gasteiger partial charge in [0.25, 0.3) is 6.71 Å². The third-order valence-corrected chi connectivity index (χ3v) is 16.8. The second kappa shape index (κ2) is 16.2. The molecular formula is C72H45BN4. The number of hydrogen-bond acceptors (Lipinski definition) is 1. The van der Waals surface area contributed by atoms with Crippen LogP contribution in [0, 0.1) is 0 Å². The van der Waals surface area contributed by atoms with Crippen molar-refractivity contribution in [3.8, 4) is 50.4 Å². The molecule has 2 aliphatic heterocycles. The maximum absolute atomic E-state index is 2.63. The lowest BCUT2D eigenvalue weighted by molar-refractivity contribution is 1.17. The summed E-state index contributed by atoms with van der Waals surface area (Å²) in [4.78, 5) is 2.62. The van der Waals surface area contributed by atoms with E-state index in [1.54, 1.807) is 0 Å². The molecule has 12 aromatic carbocycles. The molecule has 0 spiro atoms. The van der Waals surface area contributed by atoms with Crippen LogP contribution in [-0.4, -0.2) is 20.4 Å². The number of nitrogens with zero attached hydrogens (tertiary/aromatic N) is 4. The summed E-state index contributed by atoms with van der Waals surface area (Å²) in [5, 5.41) is 7.53. The quantitative estimate of drug-likeness (QED) is 0.152. The molecule has 0 bridgehead atoms. The van der Waals surface area contributed by atoms with Crippen molar-refractivity contribution in [2.24, 2.45) is 0 Å². The van der Waals surface area contributed by atoms with E-state index in [1.165, 1.54) is 132 Å². The Kier molecular flexibility index (Phi) is 8.90. The second-order valence-corrected chi connectivity index (χ2v) is 20.8. The number of rotatable bonds is 6. The van der Waals surface area contributed by atoms with E-state index in [1.807, 2.05) is 0 Å². The zero-order valence-electron chi connectivity index (χ0n) is 41.8. The maximum atomic E-state index is 2.63. The summed E-state index contributed by atoms with van der Waals surface area (Å²) in [6.45, 7) is -0.0957. The molecule has 4 nitrogen and oxygen atoms in total. The van der Waals surface area contributed by atoms with Gasteiger partial charge >= 0.3 is 0 Å². The summed E-state index contributed by atoms with van der Waals surface area (Å²) in [5.41, 5.74) is 25.3. The number of para-hydroxylation sites is 6. The molecule has 0 amide bonds. The Morgan fingerprint density at radius 1 is 0.260 bits per heavy atom. The molecule has 17 rings (SSSR count). The average Bonchev–Trinajstić information content (AvgIpc) is 4.23. The molecule has 5 heterocycles. The van der Waals surface area contributed by atoms with Crippen LogP contribution in [-0.2, 0) is 0 Å². The first kappa shape index (κ1) is 42.3. The summed E-state index contributed by atoms with van der Waals surface area (Å²) in [5.74, 6) is 0. The minimum atomic E-state index is -0.0957. The average molecular weight is 977 g/mol. The minimum absolute atomic E-state index is 0.0957. The van der Waals surface area contributed by atoms with E-state index < -0.39 is 0 Å². The fourth-order valence-corrected chi connectivity index (χ4v) is 13.6. The van der Waals surface area contributed by atoms with Gasteiger partial charge in [-0.3, -0.25) is 0 Å². The van der Waals surface area contributed by atoms with Crippen molar-refractivity contribution in [2.45, 2.75) is 0 Å². The molecule has 0 saturated heterocycles. The summed E-state index contributed by atoms with van der Waals surface area (Å²) in [6, 6.07) is 101. The summed E-state index contributed by atoms with van der Waals surface area (Å²) in [7, 11) is 0. The van der Waals surface area contributed by atoms with Crippen molar-refractivity contribution in [3.05, 3.63) is 273 Å². The third kappa shape index (κ3) is 5.99. The van der Waals surface area contributed by atoms with Crippen LogP contribution in [0.1, 0.15) is 0 Å². The van der Waals surface area contributed by atoms with Crippen molar-refractivity contribution in [1.29, 1.82) is 0 Å². The van der Waals surface area contributed by atoms with Gasteiger partial charge in [-0.1, -0.05) is 194 Å². The normalized spacial score (nSPS) is 12.6. The highest BCUT2D eigenvalue weighted by molar-refractivity contribution is 7.00. The largest absolute Gasteiger partial charge is 0.311 e. The predicted molar refractivity (Wildman–Crippen MR) is 325 cm³/mol. The van der Waals surface area contributed by atoms with Crippen LogP contribution < -0.4 is 21.3 Å². The molecule has 356 valence electrons. The zero-order chi connectivity index (χ0) is 50.3. The lowest BCUT2D eigenvalue weighted by atomic mass is 9.33. The fraction of sp³-hybridized carbons (Fsp3) is 0. The predicted octanol–water partition coefficient (Wildman–Crippen LogP) is 16.6. The summed E-state index contributed by atoms with van der Waals surface area (Å²) < 4.78 is 7.56. The van der Waals surface area contributed by atoms with Crippen molar-refractivity contribution in [2.75, 3.05) is 4.90 Å². The molecule has 0 saturated carbocycles. The van der Waals surface area contributed by atoms with Crippen LogP contribution >= 0.6 is 0 Å². The van der Waals surface area contributed by atoms with Crippen molar-refractivity contribution in [3.63, 3.8) is 0 Å². The van der Waals surface area contributed by atoms with Crippen LogP contribution in [0.25, 0.3) is 116 Å². The molecule has 0 N–H and O–H groups in total. The summed E-state index contributed by atoms with van der Waals surface area (Å²) in [6.07, 6.45) is 0. The number of anilines is 3. The van der Waals surface area contributed by atoms with Gasteiger partial charge in [0.05, 0.1) is 33.3 Å². The van der Waals surface area contributed by atoms with Gasteiger partial charge in [-0.15, -0.1) is 0 Å². The van der Waals surface area contributed by atoms with Gasteiger partial charge in [-0.2, -0.15) is 0 Å². The molecule has 5 heteroatoms. The first-order valence-corrected chi connectivity index (χ1v) is 26.7. The Bertz CT molecular complexity index is 4900. The van der Waals surface area contributed by atoms with Crippen molar-refractivity contribution < 1.29 is 0 Å². The molecule has 0 radical (unpaired) electrons. The smallest absolute Gasteiger partial charge is 0.252 e. The van der Waals surface area contributed by atoms with Crippen LogP contribution in [0.3, 0.4) is 0 Å². The van der Waals surface area contributed by atoms with Crippen LogP contribution in [0.2, 0.25) is 0 Å². The number of aromatic nitrogens is 3. The van der Waals surface area contributed by atoms with E-state index in [9.17, 15) is 0 Å². The van der Waals surface area contributed by atoms with E-state index in [0.29, 0.717) is 0 Å². The second-order valence-electron chi connectivity index (χ2n) is 20.8. The van der Waals surface area contributed by atoms with Crippen LogP contribution in [0.15, 0.2) is 273 Å². The molecule has 2 aliphatic rings. The van der Waals surface area contributed by atoms with E-state index in [4.69, 9.17) is 0 Å². The molecule has 0 unspecified atom stereocenters. The van der Waals surface area contributed by atoms with Crippen molar-refractivity contribution >= 4 is 106 Å². The molecular weight excluding hydrogens is 932 g/mol. The molecule has 77 heavy (non-hydrogen) atoms. The van der Waals surface area contributed by atoms with Gasteiger partial charge < -0.3 is 18.6 Å². The lowest BCUT2D eigenvalue weighted by Gasteiger charge is -2.41. The van der Waals surface area contributed by atoms with Gasteiger partial charge in [0.15, 0.2) is 0 Å². The fourth-order valence-electron chi connectivity index (χ4n) is 13.6. The molecule has 15 aromatic rings. The first-order chi connectivity index (χ1) is 38.2. The number of hydrogen-bond donors (Lipinski definition) is 0. The molecule has 0 atom stereocenters. The SMILES string of the molecule is c1ccc(-c2ccc(-c3ccccc3N3c4cc5c6ccccc6n(-c6ccccc6)c5cc4B4c5c3cc(-c3ccccc3)cc5-n3c5ccc6c(c7ccccc7n6-c6ccccc6)c5c5cccc4c53)cc2)cc1. The third-order valence-electron chi connectivity index (χ3n) is 16.8. The lowest BCUT2D eigenvalue weighted by Crippen LogP contribution is -2.60. The van der Waals surface area contributed by atoms with Gasteiger partial charge in [0.1, 0.15) is 0 Å². The Hall–Kier alpha value is -10.1. The van der Waals surface area contributed by atoms with E-state index >= 15 is 0 Å². The number of fused-ring (bicyclic) bond motifs is 14. The monoisotopic (exact) mass is 976 g/mol. The van der Waals surface area contributed by atoms with Crippen LogP contribution in [0.4, 0.5) is 17.1 Å². The topological polar surface area (TPSA) is 18.0 Å². The van der Waals surface area contributed by atoms with Gasteiger partial charge in [0.2, 0.25) is 0 Å². The van der Waals surface area contributed by atoms with Crippen molar-refractivity contribution in [1.82, 2.24) is 13.7 Å². The summed E-state index contributed by atoms with van der Waals surface area (Å²) >= 11 is 0. The minimum Gasteiger partial charge on any atom is -0.311 e. The molecule has 3 aromatic heterocycles. The van der Waals surface area contributed by atoms with E-state index in [-0.39, 0.29) is 6.71 Å². The van der Waals surface area contributed by atoms with E-state index in [2.05, 4.69) is 292 Å². The van der Waals surface area contributed by atoms with Gasteiger partial charge in [0, 0.05) is 71.8 Å². The Balaban J connectivity index is 1.02. The highest BCUT2D eigenvalue weighted by atomic mass is 15.2.